The van der Waals surface area contributed by atoms with E-state index in [-0.39, 0.29) is 11.5 Å². The quantitative estimate of drug-likeness (QED) is 0.870. The highest BCUT2D eigenvalue weighted by Gasteiger charge is 2.22. The highest BCUT2D eigenvalue weighted by molar-refractivity contribution is 5.95. The number of nitrogens with one attached hydrogen (secondary N) is 1. The maximum atomic E-state index is 13.7. The number of amides is 1. The van der Waals surface area contributed by atoms with E-state index in [1.165, 1.54) is 13.0 Å². The average Bonchev–Trinajstić information content (AvgIpc) is 2.37. The Morgan fingerprint density at radius 3 is 2.61 bits per heavy atom. The Balaban J connectivity index is 2.92. The molecule has 0 saturated carbocycles. The van der Waals surface area contributed by atoms with Gasteiger partial charge in [-0.1, -0.05) is 26.3 Å². The van der Waals surface area contributed by atoms with Gasteiger partial charge in [0.05, 0.1) is 6.04 Å². The van der Waals surface area contributed by atoms with Crippen molar-refractivity contribution in [2.75, 3.05) is 5.32 Å². The average molecular weight is 256 g/mol. The van der Waals surface area contributed by atoms with Crippen LogP contribution in [0.25, 0.3) is 0 Å². The molecule has 1 amide bonds. The molecule has 0 saturated heterocycles. The number of aryl methyl sites for hydroxylation is 1. The summed E-state index contributed by atoms with van der Waals surface area (Å²) in [6.07, 6.45) is 0.716. The second kappa shape index (κ2) is 5.91. The molecule has 2 unspecified atom stereocenters. The lowest BCUT2D eigenvalue weighted by Crippen LogP contribution is -2.41. The molecular formula is C13H18F2N2O. The minimum absolute atomic E-state index is 0.0547. The zero-order valence-electron chi connectivity index (χ0n) is 10.8. The molecule has 1 aromatic carbocycles. The van der Waals surface area contributed by atoms with E-state index in [1.807, 2.05) is 13.8 Å². The van der Waals surface area contributed by atoms with Gasteiger partial charge in [-0.15, -0.1) is 0 Å². The molecule has 3 nitrogen and oxygen atoms in total. The molecule has 3 N–H and O–H groups in total. The largest absolute Gasteiger partial charge is 0.320 e. The van der Waals surface area contributed by atoms with Crippen molar-refractivity contribution in [1.29, 1.82) is 0 Å². The molecule has 18 heavy (non-hydrogen) atoms. The Kier molecular flexibility index (Phi) is 4.78. The van der Waals surface area contributed by atoms with Crippen molar-refractivity contribution in [2.24, 2.45) is 11.7 Å². The second-order valence-corrected chi connectivity index (χ2v) is 4.45. The van der Waals surface area contributed by atoms with E-state index in [4.69, 9.17) is 5.73 Å². The number of hydrogen-bond donors (Lipinski definition) is 2. The molecule has 0 spiro atoms. The Bertz CT molecular complexity index is 449. The summed E-state index contributed by atoms with van der Waals surface area (Å²) in [5.74, 6) is -2.20. The predicted octanol–water partition coefficient (Wildman–Crippen LogP) is 2.59. The summed E-state index contributed by atoms with van der Waals surface area (Å²) in [6, 6.07) is 1.65. The van der Waals surface area contributed by atoms with Crippen LogP contribution in [-0.4, -0.2) is 11.9 Å². The van der Waals surface area contributed by atoms with E-state index in [0.29, 0.717) is 6.42 Å². The molecule has 1 aromatic rings. The molecule has 1 rings (SSSR count). The van der Waals surface area contributed by atoms with Crippen LogP contribution in [0.3, 0.4) is 0 Å². The molecule has 100 valence electrons. The van der Waals surface area contributed by atoms with E-state index >= 15 is 0 Å². The number of halogens is 2. The van der Waals surface area contributed by atoms with Gasteiger partial charge in [-0.25, -0.2) is 8.78 Å². The van der Waals surface area contributed by atoms with Gasteiger partial charge in [-0.2, -0.15) is 0 Å². The first-order valence-electron chi connectivity index (χ1n) is 5.89. The van der Waals surface area contributed by atoms with Crippen molar-refractivity contribution in [3.05, 3.63) is 29.3 Å². The zero-order chi connectivity index (χ0) is 13.9. The fourth-order valence-corrected chi connectivity index (χ4v) is 1.49. The van der Waals surface area contributed by atoms with Crippen molar-refractivity contribution >= 4 is 11.6 Å². The summed E-state index contributed by atoms with van der Waals surface area (Å²) in [5.41, 5.74) is 5.54. The Hall–Kier alpha value is -1.49. The lowest BCUT2D eigenvalue weighted by molar-refractivity contribution is -0.118. The third-order valence-electron chi connectivity index (χ3n) is 3.09. The summed E-state index contributed by atoms with van der Waals surface area (Å²) >= 11 is 0. The van der Waals surface area contributed by atoms with E-state index < -0.39 is 29.3 Å². The maximum absolute atomic E-state index is 13.7. The molecule has 0 radical (unpaired) electrons. The van der Waals surface area contributed by atoms with Crippen molar-refractivity contribution in [3.63, 3.8) is 0 Å². The van der Waals surface area contributed by atoms with Crippen LogP contribution in [0.4, 0.5) is 14.5 Å². The first kappa shape index (κ1) is 14.6. The highest BCUT2D eigenvalue weighted by atomic mass is 19.1. The summed E-state index contributed by atoms with van der Waals surface area (Å²) in [7, 11) is 0. The highest BCUT2D eigenvalue weighted by Crippen LogP contribution is 2.22. The van der Waals surface area contributed by atoms with Crippen molar-refractivity contribution in [1.82, 2.24) is 0 Å². The molecule has 0 fully saturated rings. The number of carbonyl (C=O) groups is 1. The van der Waals surface area contributed by atoms with Gasteiger partial charge in [0.2, 0.25) is 5.91 Å². The molecule has 0 bridgehead atoms. The molecule has 0 aliphatic heterocycles. The SMILES string of the molecule is CCC(C)C(N)C(=O)Nc1c(F)ccc(C)c1F. The van der Waals surface area contributed by atoms with Gasteiger partial charge in [0.1, 0.15) is 11.5 Å². The minimum Gasteiger partial charge on any atom is -0.320 e. The fourth-order valence-electron chi connectivity index (χ4n) is 1.49. The number of carbonyl (C=O) groups excluding carboxylic acids is 1. The van der Waals surface area contributed by atoms with Crippen LogP contribution in [0.5, 0.6) is 0 Å². The van der Waals surface area contributed by atoms with Crippen LogP contribution < -0.4 is 11.1 Å². The lowest BCUT2D eigenvalue weighted by atomic mass is 9.99. The van der Waals surface area contributed by atoms with E-state index in [0.717, 1.165) is 6.07 Å². The normalized spacial score (nSPS) is 14.1. The van der Waals surface area contributed by atoms with Crippen LogP contribution >= 0.6 is 0 Å². The molecule has 0 heterocycles. The third kappa shape index (κ3) is 3.04. The van der Waals surface area contributed by atoms with Gasteiger partial charge in [0.25, 0.3) is 0 Å². The first-order chi connectivity index (χ1) is 8.38. The van der Waals surface area contributed by atoms with E-state index in [1.54, 1.807) is 0 Å². The number of anilines is 1. The second-order valence-electron chi connectivity index (χ2n) is 4.45. The van der Waals surface area contributed by atoms with Crippen LogP contribution in [0.1, 0.15) is 25.8 Å². The first-order valence-corrected chi connectivity index (χ1v) is 5.89. The summed E-state index contributed by atoms with van der Waals surface area (Å²) in [4.78, 5) is 11.8. The van der Waals surface area contributed by atoms with Crippen molar-refractivity contribution in [2.45, 2.75) is 33.2 Å². The summed E-state index contributed by atoms with van der Waals surface area (Å²) < 4.78 is 27.1. The third-order valence-corrected chi connectivity index (χ3v) is 3.09. The number of hydrogen-bond acceptors (Lipinski definition) is 2. The van der Waals surface area contributed by atoms with E-state index in [9.17, 15) is 13.6 Å². The lowest BCUT2D eigenvalue weighted by Gasteiger charge is -2.18. The van der Waals surface area contributed by atoms with Gasteiger partial charge in [-0.05, 0) is 24.5 Å². The molecule has 0 aliphatic carbocycles. The van der Waals surface area contributed by atoms with Gasteiger partial charge < -0.3 is 11.1 Å². The predicted molar refractivity (Wildman–Crippen MR) is 67.2 cm³/mol. The number of benzene rings is 1. The van der Waals surface area contributed by atoms with Crippen LogP contribution in [0.15, 0.2) is 12.1 Å². The van der Waals surface area contributed by atoms with Gasteiger partial charge >= 0.3 is 0 Å². The van der Waals surface area contributed by atoms with Crippen LogP contribution in [0, 0.1) is 24.5 Å². The van der Waals surface area contributed by atoms with E-state index in [2.05, 4.69) is 5.32 Å². The van der Waals surface area contributed by atoms with Crippen LogP contribution in [0.2, 0.25) is 0 Å². The molecular weight excluding hydrogens is 238 g/mol. The zero-order valence-corrected chi connectivity index (χ0v) is 10.8. The smallest absolute Gasteiger partial charge is 0.241 e. The van der Waals surface area contributed by atoms with Crippen LogP contribution in [-0.2, 0) is 4.79 Å². The summed E-state index contributed by atoms with van der Waals surface area (Å²) in [5, 5.41) is 2.22. The monoisotopic (exact) mass is 256 g/mol. The van der Waals surface area contributed by atoms with Crippen molar-refractivity contribution < 1.29 is 13.6 Å². The Labute approximate surface area is 105 Å². The number of rotatable bonds is 4. The molecule has 0 aliphatic rings. The Morgan fingerprint density at radius 1 is 1.44 bits per heavy atom. The molecule has 5 heteroatoms. The standard InChI is InChI=1S/C13H18F2N2O/c1-4-7(2)11(16)13(18)17-12-9(14)6-5-8(3)10(12)15/h5-7,11H,4,16H2,1-3H3,(H,17,18). The molecule has 0 aromatic heterocycles. The minimum atomic E-state index is -0.803. The van der Waals surface area contributed by atoms with Gasteiger partial charge in [0, 0.05) is 0 Å². The van der Waals surface area contributed by atoms with Crippen molar-refractivity contribution in [3.8, 4) is 0 Å². The van der Waals surface area contributed by atoms with Gasteiger partial charge in [0.15, 0.2) is 5.82 Å². The maximum Gasteiger partial charge on any atom is 0.241 e. The molecule has 2 atom stereocenters. The fraction of sp³-hybridized carbons (Fsp3) is 0.462. The summed E-state index contributed by atoms with van der Waals surface area (Å²) in [6.45, 7) is 5.21. The number of nitrogens with two attached hydrogens (primary N) is 1. The topological polar surface area (TPSA) is 55.1 Å². The Morgan fingerprint density at radius 2 is 2.06 bits per heavy atom. The van der Waals surface area contributed by atoms with Gasteiger partial charge in [-0.3, -0.25) is 4.79 Å².